The molecule has 0 saturated heterocycles. The summed E-state index contributed by atoms with van der Waals surface area (Å²) in [5, 5.41) is 0. The van der Waals surface area contributed by atoms with Crippen LogP contribution in [0.2, 0.25) is 0 Å². The maximum absolute atomic E-state index is 2.36. The lowest BCUT2D eigenvalue weighted by atomic mass is 9.98. The van der Waals surface area contributed by atoms with E-state index in [9.17, 15) is 0 Å². The zero-order valence-electron chi connectivity index (χ0n) is 6.67. The molecule has 0 radical (unpaired) electrons. The van der Waals surface area contributed by atoms with Crippen molar-refractivity contribution in [3.63, 3.8) is 0 Å². The topological polar surface area (TPSA) is 0 Å². The third kappa shape index (κ3) is 0.681. The largest absolute Gasteiger partial charge is 0.0771 e. The second-order valence-electron chi connectivity index (χ2n) is 3.69. The number of hydrogen-bond donors (Lipinski definition) is 0. The predicted octanol–water partition coefficient (Wildman–Crippen LogP) is 2.77. The van der Waals surface area contributed by atoms with Crippen LogP contribution in [0.15, 0.2) is 23.8 Å². The summed E-state index contributed by atoms with van der Waals surface area (Å²) < 4.78 is 0. The minimum atomic E-state index is 0.801. The van der Waals surface area contributed by atoms with E-state index in [1.165, 1.54) is 6.42 Å². The van der Waals surface area contributed by atoms with Crippen molar-refractivity contribution >= 4 is 0 Å². The van der Waals surface area contributed by atoms with Crippen LogP contribution in [0.25, 0.3) is 0 Å². The molecule has 0 amide bonds. The van der Waals surface area contributed by atoms with E-state index in [2.05, 4.69) is 32.1 Å². The first-order valence-corrected chi connectivity index (χ1v) is 4.17. The van der Waals surface area contributed by atoms with E-state index in [1.807, 2.05) is 0 Å². The van der Waals surface area contributed by atoms with Gasteiger partial charge in [-0.2, -0.15) is 0 Å². The fourth-order valence-electron chi connectivity index (χ4n) is 2.36. The van der Waals surface area contributed by atoms with Crippen LogP contribution in [0.4, 0.5) is 0 Å². The van der Waals surface area contributed by atoms with Crippen molar-refractivity contribution in [2.75, 3.05) is 0 Å². The summed E-state index contributed by atoms with van der Waals surface area (Å²) in [6.45, 7) is 4.70. The molecule has 0 aliphatic heterocycles. The van der Waals surface area contributed by atoms with E-state index in [0.29, 0.717) is 0 Å². The van der Waals surface area contributed by atoms with Gasteiger partial charge in [0.15, 0.2) is 0 Å². The Kier molecular flexibility index (Phi) is 1.23. The molecule has 2 aliphatic carbocycles. The van der Waals surface area contributed by atoms with E-state index in [1.54, 1.807) is 5.57 Å². The number of fused-ring (bicyclic) bond motifs is 1. The summed E-state index contributed by atoms with van der Waals surface area (Å²) in [7, 11) is 0. The molecular weight excluding hydrogens is 120 g/mol. The highest BCUT2D eigenvalue weighted by molar-refractivity contribution is 5.32. The van der Waals surface area contributed by atoms with Crippen LogP contribution in [-0.4, -0.2) is 0 Å². The minimum Gasteiger partial charge on any atom is -0.0771 e. The molecule has 0 bridgehead atoms. The van der Waals surface area contributed by atoms with Crippen molar-refractivity contribution in [1.82, 2.24) is 0 Å². The van der Waals surface area contributed by atoms with Crippen LogP contribution in [0.3, 0.4) is 0 Å². The van der Waals surface area contributed by atoms with Crippen LogP contribution in [0, 0.1) is 17.8 Å². The molecule has 0 N–H and O–H groups in total. The maximum Gasteiger partial charge on any atom is 0.00115 e. The Morgan fingerprint density at radius 2 is 2.20 bits per heavy atom. The van der Waals surface area contributed by atoms with Crippen molar-refractivity contribution in [2.45, 2.75) is 20.3 Å². The molecule has 0 heteroatoms. The molecule has 0 aromatic rings. The maximum atomic E-state index is 2.36. The van der Waals surface area contributed by atoms with Gasteiger partial charge in [-0.25, -0.2) is 0 Å². The van der Waals surface area contributed by atoms with Gasteiger partial charge in [0, 0.05) is 5.92 Å². The van der Waals surface area contributed by atoms with E-state index >= 15 is 0 Å². The van der Waals surface area contributed by atoms with Gasteiger partial charge >= 0.3 is 0 Å². The Hall–Kier alpha value is -0.520. The monoisotopic (exact) mass is 134 g/mol. The summed E-state index contributed by atoms with van der Waals surface area (Å²) in [6, 6.07) is 0. The molecule has 0 spiro atoms. The first-order chi connectivity index (χ1) is 4.79. The molecule has 0 aromatic heterocycles. The Bertz CT molecular complexity index is 198. The normalized spacial score (nSPS) is 43.8. The third-order valence-corrected chi connectivity index (χ3v) is 2.90. The van der Waals surface area contributed by atoms with E-state index in [0.717, 1.165) is 17.8 Å². The van der Waals surface area contributed by atoms with Gasteiger partial charge in [-0.3, -0.25) is 0 Å². The van der Waals surface area contributed by atoms with Gasteiger partial charge in [-0.1, -0.05) is 37.6 Å². The van der Waals surface area contributed by atoms with Crippen molar-refractivity contribution in [3.05, 3.63) is 23.8 Å². The van der Waals surface area contributed by atoms with Crippen LogP contribution in [-0.2, 0) is 0 Å². The first-order valence-electron chi connectivity index (χ1n) is 4.17. The highest BCUT2D eigenvalue weighted by Crippen LogP contribution is 2.43. The van der Waals surface area contributed by atoms with Crippen molar-refractivity contribution < 1.29 is 0 Å². The zero-order valence-corrected chi connectivity index (χ0v) is 6.67. The molecule has 0 nitrogen and oxygen atoms in total. The molecule has 0 aromatic carbocycles. The molecule has 3 unspecified atom stereocenters. The van der Waals surface area contributed by atoms with E-state index < -0.39 is 0 Å². The van der Waals surface area contributed by atoms with Gasteiger partial charge in [0.1, 0.15) is 0 Å². The Labute approximate surface area is 62.6 Å². The van der Waals surface area contributed by atoms with E-state index in [4.69, 9.17) is 0 Å². The van der Waals surface area contributed by atoms with Gasteiger partial charge in [-0.05, 0) is 18.3 Å². The van der Waals surface area contributed by atoms with Gasteiger partial charge in [0.25, 0.3) is 0 Å². The summed E-state index contributed by atoms with van der Waals surface area (Å²) >= 11 is 0. The number of hydrogen-bond acceptors (Lipinski definition) is 0. The number of rotatable bonds is 0. The molecule has 2 rings (SSSR count). The van der Waals surface area contributed by atoms with Crippen molar-refractivity contribution in [2.24, 2.45) is 17.8 Å². The summed E-state index contributed by atoms with van der Waals surface area (Å²) in [6.07, 6.45) is 8.26. The lowest BCUT2D eigenvalue weighted by molar-refractivity contribution is 0.512. The Balaban J connectivity index is 2.29. The standard InChI is InChI=1S/C10H14/c1-7-6-8(2)10-5-3-4-9(7)10/h3-5,7-9H,6H2,1-2H3. The fourth-order valence-corrected chi connectivity index (χ4v) is 2.36. The van der Waals surface area contributed by atoms with Gasteiger partial charge in [0.2, 0.25) is 0 Å². The molecule has 1 fully saturated rings. The molecule has 3 atom stereocenters. The van der Waals surface area contributed by atoms with E-state index in [-0.39, 0.29) is 0 Å². The van der Waals surface area contributed by atoms with Crippen LogP contribution < -0.4 is 0 Å². The molecule has 10 heavy (non-hydrogen) atoms. The van der Waals surface area contributed by atoms with Gasteiger partial charge < -0.3 is 0 Å². The van der Waals surface area contributed by atoms with Crippen LogP contribution in [0.5, 0.6) is 0 Å². The lowest BCUT2D eigenvalue weighted by Gasteiger charge is -2.07. The minimum absolute atomic E-state index is 0.801. The second-order valence-corrected chi connectivity index (χ2v) is 3.69. The summed E-state index contributed by atoms with van der Waals surface area (Å²) in [5.74, 6) is 2.53. The number of allylic oxidation sites excluding steroid dienone is 4. The summed E-state index contributed by atoms with van der Waals surface area (Å²) in [5.41, 5.74) is 1.67. The molecule has 0 heterocycles. The molecule has 2 aliphatic rings. The Morgan fingerprint density at radius 1 is 1.40 bits per heavy atom. The van der Waals surface area contributed by atoms with Gasteiger partial charge in [0.05, 0.1) is 0 Å². The first kappa shape index (κ1) is 6.21. The van der Waals surface area contributed by atoms with Crippen LogP contribution in [0.1, 0.15) is 20.3 Å². The van der Waals surface area contributed by atoms with Crippen molar-refractivity contribution in [1.29, 1.82) is 0 Å². The molecule has 1 saturated carbocycles. The quantitative estimate of drug-likeness (QED) is 0.478. The highest BCUT2D eigenvalue weighted by Gasteiger charge is 2.32. The van der Waals surface area contributed by atoms with Gasteiger partial charge in [-0.15, -0.1) is 0 Å². The average molecular weight is 134 g/mol. The van der Waals surface area contributed by atoms with Crippen molar-refractivity contribution in [3.8, 4) is 0 Å². The lowest BCUT2D eigenvalue weighted by Crippen LogP contribution is -1.98. The SMILES string of the molecule is CC1CC(C)C2C=CC=C12. The predicted molar refractivity (Wildman–Crippen MR) is 43.7 cm³/mol. The fraction of sp³-hybridized carbons (Fsp3) is 0.600. The third-order valence-electron chi connectivity index (χ3n) is 2.90. The Morgan fingerprint density at radius 3 is 2.90 bits per heavy atom. The molecule has 54 valence electrons. The summed E-state index contributed by atoms with van der Waals surface area (Å²) in [4.78, 5) is 0. The molecular formula is C10H14. The average Bonchev–Trinajstić information content (AvgIpc) is 2.39. The zero-order chi connectivity index (χ0) is 7.14. The van der Waals surface area contributed by atoms with Crippen LogP contribution >= 0.6 is 0 Å². The second kappa shape index (κ2) is 1.98. The smallest absolute Gasteiger partial charge is 0.00115 e. The highest BCUT2D eigenvalue weighted by atomic mass is 14.4.